The number of nitrogens with zero attached hydrogens (tertiary/aromatic N) is 1. The van der Waals surface area contributed by atoms with Gasteiger partial charge >= 0.3 is 0 Å². The van der Waals surface area contributed by atoms with Crippen LogP contribution in [0.1, 0.15) is 38.7 Å². The fourth-order valence-electron chi connectivity index (χ4n) is 2.47. The maximum atomic E-state index is 5.69. The first-order chi connectivity index (χ1) is 9.02. The molecule has 1 aromatic heterocycles. The molecule has 0 radical (unpaired) electrons. The van der Waals surface area contributed by atoms with E-state index in [0.29, 0.717) is 0 Å². The largest absolute Gasteiger partial charge is 0.330 e. The quantitative estimate of drug-likeness (QED) is 0.720. The smallest absolute Gasteiger partial charge is 0.0701 e. The van der Waals surface area contributed by atoms with E-state index < -0.39 is 0 Å². The van der Waals surface area contributed by atoms with Gasteiger partial charge in [0.05, 0.1) is 3.79 Å². The highest BCUT2D eigenvalue weighted by atomic mass is 79.9. The lowest BCUT2D eigenvalue weighted by molar-refractivity contribution is 0.278. The van der Waals surface area contributed by atoms with Gasteiger partial charge in [0.2, 0.25) is 0 Å². The highest BCUT2D eigenvalue weighted by molar-refractivity contribution is 9.11. The molecule has 0 aliphatic carbocycles. The minimum atomic E-state index is 0.752. The van der Waals surface area contributed by atoms with E-state index in [4.69, 9.17) is 5.73 Å². The summed E-state index contributed by atoms with van der Waals surface area (Å²) in [5, 5.41) is 2.23. The van der Waals surface area contributed by atoms with Crippen LogP contribution in [0.2, 0.25) is 0 Å². The van der Waals surface area contributed by atoms with Gasteiger partial charge in [0.25, 0.3) is 0 Å². The standard InChI is InChI=1S/C15H27BrN2S/c1-12(2)14(6-7-17)5-4-8-18(3)10-13-9-15(16)19-11-13/h9,11-12,14H,4-8,10,17H2,1-3H3. The Bertz CT molecular complexity index is 352. The number of thiophene rings is 1. The first kappa shape index (κ1) is 17.2. The molecule has 1 heterocycles. The van der Waals surface area contributed by atoms with Crippen molar-refractivity contribution in [2.75, 3.05) is 20.1 Å². The summed E-state index contributed by atoms with van der Waals surface area (Å²) in [5.74, 6) is 1.54. The lowest BCUT2D eigenvalue weighted by Crippen LogP contribution is -2.21. The Labute approximate surface area is 130 Å². The Balaban J connectivity index is 2.24. The van der Waals surface area contributed by atoms with E-state index in [9.17, 15) is 0 Å². The summed E-state index contributed by atoms with van der Waals surface area (Å²) in [7, 11) is 2.21. The fraction of sp³-hybridized carbons (Fsp3) is 0.733. The van der Waals surface area contributed by atoms with Gasteiger partial charge in [0.15, 0.2) is 0 Å². The van der Waals surface area contributed by atoms with Crippen LogP contribution in [0.4, 0.5) is 0 Å². The predicted octanol–water partition coefficient (Wildman–Crippen LogP) is 4.34. The van der Waals surface area contributed by atoms with E-state index in [1.807, 2.05) is 0 Å². The van der Waals surface area contributed by atoms with Crippen molar-refractivity contribution < 1.29 is 0 Å². The van der Waals surface area contributed by atoms with Crippen molar-refractivity contribution in [1.82, 2.24) is 4.90 Å². The van der Waals surface area contributed by atoms with E-state index in [-0.39, 0.29) is 0 Å². The second-order valence-corrected chi connectivity index (χ2v) is 8.01. The Morgan fingerprint density at radius 3 is 2.63 bits per heavy atom. The molecule has 0 aromatic carbocycles. The zero-order valence-electron chi connectivity index (χ0n) is 12.4. The van der Waals surface area contributed by atoms with Gasteiger partial charge < -0.3 is 10.6 Å². The van der Waals surface area contributed by atoms with Crippen molar-refractivity contribution in [2.24, 2.45) is 17.6 Å². The summed E-state index contributed by atoms with van der Waals surface area (Å²) < 4.78 is 1.22. The Hall–Kier alpha value is 0.100. The van der Waals surface area contributed by atoms with Crippen molar-refractivity contribution in [2.45, 2.75) is 39.7 Å². The number of hydrogen-bond acceptors (Lipinski definition) is 3. The number of hydrogen-bond donors (Lipinski definition) is 1. The summed E-state index contributed by atoms with van der Waals surface area (Å²) in [6.07, 6.45) is 3.73. The zero-order chi connectivity index (χ0) is 14.3. The van der Waals surface area contributed by atoms with E-state index in [1.54, 1.807) is 11.3 Å². The molecule has 1 rings (SSSR count). The first-order valence-electron chi connectivity index (χ1n) is 7.14. The Morgan fingerprint density at radius 1 is 1.37 bits per heavy atom. The van der Waals surface area contributed by atoms with Gasteiger partial charge in [-0.25, -0.2) is 0 Å². The van der Waals surface area contributed by atoms with Crippen LogP contribution in [-0.2, 0) is 6.54 Å². The van der Waals surface area contributed by atoms with Crippen molar-refractivity contribution in [3.05, 3.63) is 20.8 Å². The van der Waals surface area contributed by atoms with Crippen LogP contribution in [0.25, 0.3) is 0 Å². The van der Waals surface area contributed by atoms with Gasteiger partial charge in [-0.1, -0.05) is 13.8 Å². The molecule has 0 amide bonds. The summed E-state index contributed by atoms with van der Waals surface area (Å²) >= 11 is 5.28. The SMILES string of the molecule is CC(C)C(CCN)CCCN(C)Cc1csc(Br)c1. The molecule has 1 aromatic rings. The van der Waals surface area contributed by atoms with Crippen molar-refractivity contribution >= 4 is 27.3 Å². The highest BCUT2D eigenvalue weighted by Gasteiger charge is 2.12. The average molecular weight is 347 g/mol. The number of halogens is 1. The van der Waals surface area contributed by atoms with Crippen LogP contribution < -0.4 is 5.73 Å². The van der Waals surface area contributed by atoms with Crippen molar-refractivity contribution in [3.63, 3.8) is 0 Å². The molecule has 0 aliphatic heterocycles. The van der Waals surface area contributed by atoms with Crippen LogP contribution in [0.5, 0.6) is 0 Å². The van der Waals surface area contributed by atoms with Crippen molar-refractivity contribution in [3.8, 4) is 0 Å². The first-order valence-corrected chi connectivity index (χ1v) is 8.81. The van der Waals surface area contributed by atoms with E-state index in [1.165, 1.54) is 35.2 Å². The molecule has 1 atom stereocenters. The molecule has 2 nitrogen and oxygen atoms in total. The summed E-state index contributed by atoms with van der Waals surface area (Å²) in [6, 6.07) is 2.21. The van der Waals surface area contributed by atoms with Crippen LogP contribution >= 0.6 is 27.3 Å². The molecule has 110 valence electrons. The molecule has 2 N–H and O–H groups in total. The number of nitrogens with two attached hydrogens (primary N) is 1. The van der Waals surface area contributed by atoms with Gasteiger partial charge in [-0.3, -0.25) is 0 Å². The molecule has 1 unspecified atom stereocenters. The summed E-state index contributed by atoms with van der Waals surface area (Å²) in [5.41, 5.74) is 7.09. The monoisotopic (exact) mass is 346 g/mol. The minimum Gasteiger partial charge on any atom is -0.330 e. The average Bonchev–Trinajstić information content (AvgIpc) is 2.73. The summed E-state index contributed by atoms with van der Waals surface area (Å²) in [6.45, 7) is 7.66. The lowest BCUT2D eigenvalue weighted by Gasteiger charge is -2.22. The van der Waals surface area contributed by atoms with Crippen LogP contribution in [0, 0.1) is 11.8 Å². The zero-order valence-corrected chi connectivity index (χ0v) is 14.8. The van der Waals surface area contributed by atoms with Gasteiger partial charge in [-0.05, 0) is 84.2 Å². The van der Waals surface area contributed by atoms with Gasteiger partial charge in [0.1, 0.15) is 0 Å². The third kappa shape index (κ3) is 6.89. The van der Waals surface area contributed by atoms with Gasteiger partial charge in [-0.15, -0.1) is 11.3 Å². The van der Waals surface area contributed by atoms with Crippen LogP contribution in [0.15, 0.2) is 15.2 Å². The molecule has 0 saturated carbocycles. The van der Waals surface area contributed by atoms with Gasteiger partial charge in [-0.2, -0.15) is 0 Å². The Kier molecular flexibility index (Phi) is 8.23. The molecule has 4 heteroatoms. The number of rotatable bonds is 9. The molecular weight excluding hydrogens is 320 g/mol. The van der Waals surface area contributed by atoms with Crippen LogP contribution in [-0.4, -0.2) is 25.0 Å². The molecule has 0 spiro atoms. The van der Waals surface area contributed by atoms with Crippen molar-refractivity contribution in [1.29, 1.82) is 0 Å². The van der Waals surface area contributed by atoms with E-state index in [2.05, 4.69) is 53.2 Å². The normalized spacial score (nSPS) is 13.4. The third-order valence-corrected chi connectivity index (χ3v) is 5.22. The predicted molar refractivity (Wildman–Crippen MR) is 89.6 cm³/mol. The molecule has 0 bridgehead atoms. The Morgan fingerprint density at radius 2 is 2.11 bits per heavy atom. The minimum absolute atomic E-state index is 0.752. The van der Waals surface area contributed by atoms with E-state index >= 15 is 0 Å². The van der Waals surface area contributed by atoms with Crippen LogP contribution in [0.3, 0.4) is 0 Å². The molecule has 0 aliphatic rings. The molecule has 0 fully saturated rings. The lowest BCUT2D eigenvalue weighted by atomic mass is 9.88. The van der Waals surface area contributed by atoms with E-state index in [0.717, 1.165) is 24.9 Å². The maximum absolute atomic E-state index is 5.69. The second-order valence-electron chi connectivity index (χ2n) is 5.72. The summed E-state index contributed by atoms with van der Waals surface area (Å²) in [4.78, 5) is 2.41. The maximum Gasteiger partial charge on any atom is 0.0701 e. The second kappa shape index (κ2) is 9.11. The molecule has 19 heavy (non-hydrogen) atoms. The fourth-order valence-corrected chi connectivity index (χ4v) is 3.67. The third-order valence-electron chi connectivity index (χ3n) is 3.67. The topological polar surface area (TPSA) is 29.3 Å². The molecule has 0 saturated heterocycles. The molecular formula is C15H27BrN2S. The highest BCUT2D eigenvalue weighted by Crippen LogP contribution is 2.22. The van der Waals surface area contributed by atoms with Gasteiger partial charge in [0, 0.05) is 6.54 Å².